The van der Waals surface area contributed by atoms with Gasteiger partial charge in [0.1, 0.15) is 0 Å². The van der Waals surface area contributed by atoms with Crippen LogP contribution >= 0.6 is 15.1 Å². The zero-order chi connectivity index (χ0) is 25.8. The van der Waals surface area contributed by atoms with E-state index in [1.807, 2.05) is 0 Å². The lowest BCUT2D eigenvalue weighted by Crippen LogP contribution is -1.88. The molecular weight excluding hydrogens is 486 g/mol. The molecule has 2 aromatic heterocycles. The standard InChI is InChI=1S/C33H34N2P2/c1-20(2)36-28-11-7-9-24-19-25-10-8-12-29(33(25)35-32(24)28)37(21(3)4)31-18-23(6)14-16-27(31)34-26-15-13-22(5)17-30(26)36/h7-21,34H,1-6H3. The first-order valence-electron chi connectivity index (χ1n) is 13.2. The van der Waals surface area contributed by atoms with Gasteiger partial charge in [-0.3, -0.25) is 0 Å². The molecule has 0 aliphatic carbocycles. The number of nitrogens with one attached hydrogen (secondary N) is 1. The SMILES string of the molecule is Cc1ccc2[nH]c3ccc(C)cc3p(C(C)C)c3cccc4cc5cccc(c5nc43)p(C(C)C)c2c1. The predicted octanol–water partition coefficient (Wildman–Crippen LogP) is 11.6. The van der Waals surface area contributed by atoms with E-state index >= 15 is 0 Å². The summed E-state index contributed by atoms with van der Waals surface area (Å²) in [5, 5.41) is 8.06. The molecule has 2 bridgehead atoms. The topological polar surface area (TPSA) is 28.7 Å². The number of benzene rings is 4. The lowest BCUT2D eigenvalue weighted by Gasteiger charge is -2.17. The molecule has 0 saturated carbocycles. The Morgan fingerprint density at radius 1 is 0.568 bits per heavy atom. The molecule has 37 heavy (non-hydrogen) atoms. The Hall–Kier alpha value is -3.05. The van der Waals surface area contributed by atoms with Crippen molar-refractivity contribution in [2.24, 2.45) is 0 Å². The average molecular weight is 521 g/mol. The first kappa shape index (κ1) is 24.3. The summed E-state index contributed by atoms with van der Waals surface area (Å²) in [7, 11) is -1.28. The summed E-state index contributed by atoms with van der Waals surface area (Å²) < 4.78 is 0. The van der Waals surface area contributed by atoms with Crippen LogP contribution in [0.15, 0.2) is 78.9 Å². The Labute approximate surface area is 220 Å². The van der Waals surface area contributed by atoms with Crippen LogP contribution in [0, 0.1) is 13.8 Å². The van der Waals surface area contributed by atoms with Gasteiger partial charge in [-0.05, 0) is 67.6 Å². The van der Waals surface area contributed by atoms with Crippen LogP contribution < -0.4 is 0 Å². The minimum Gasteiger partial charge on any atom is -0.354 e. The summed E-state index contributed by atoms with van der Waals surface area (Å²) >= 11 is 0. The van der Waals surface area contributed by atoms with Gasteiger partial charge in [0.25, 0.3) is 0 Å². The molecule has 0 aliphatic heterocycles. The van der Waals surface area contributed by atoms with Gasteiger partial charge in [0, 0.05) is 42.3 Å². The Morgan fingerprint density at radius 2 is 1.03 bits per heavy atom. The molecular formula is C33H34N2P2. The number of fused-ring (bicyclic) bond motifs is 2. The van der Waals surface area contributed by atoms with Gasteiger partial charge < -0.3 is 4.98 Å². The lowest BCUT2D eigenvalue weighted by molar-refractivity contribution is 1.03. The maximum absolute atomic E-state index is 5.54. The number of hydrogen-bond donors (Lipinski definition) is 1. The zero-order valence-electron chi connectivity index (χ0n) is 22.5. The second-order valence-corrected chi connectivity index (χ2v) is 16.3. The monoisotopic (exact) mass is 520 g/mol. The fourth-order valence-corrected chi connectivity index (χ4v) is 11.2. The minimum absolute atomic E-state index is 0.476. The van der Waals surface area contributed by atoms with Crippen LogP contribution in [0.3, 0.4) is 0 Å². The third kappa shape index (κ3) is 4.17. The number of aromatic amines is 1. The third-order valence-electron chi connectivity index (χ3n) is 7.27. The molecule has 0 amide bonds. The Balaban J connectivity index is 2.06. The molecule has 186 valence electrons. The van der Waals surface area contributed by atoms with Crippen molar-refractivity contribution >= 4 is 68.4 Å². The number of pyridine rings is 1. The van der Waals surface area contributed by atoms with E-state index in [1.54, 1.807) is 0 Å². The van der Waals surface area contributed by atoms with Gasteiger partial charge >= 0.3 is 0 Å². The van der Waals surface area contributed by atoms with E-state index in [0.717, 1.165) is 0 Å². The van der Waals surface area contributed by atoms with E-state index in [1.165, 1.54) is 64.4 Å². The van der Waals surface area contributed by atoms with Crippen molar-refractivity contribution in [1.29, 1.82) is 0 Å². The highest BCUT2D eigenvalue weighted by molar-refractivity contribution is 7.61. The predicted molar refractivity (Wildman–Crippen MR) is 168 cm³/mol. The van der Waals surface area contributed by atoms with Gasteiger partial charge in [0.2, 0.25) is 0 Å². The summed E-state index contributed by atoms with van der Waals surface area (Å²) in [6.07, 6.45) is 0. The van der Waals surface area contributed by atoms with Gasteiger partial charge in [-0.25, -0.2) is 4.98 Å². The molecule has 0 fully saturated rings. The molecule has 0 aliphatic rings. The lowest BCUT2D eigenvalue weighted by atomic mass is 10.1. The van der Waals surface area contributed by atoms with Gasteiger partial charge in [0.05, 0.1) is 11.0 Å². The third-order valence-corrected chi connectivity index (χ3v) is 12.9. The van der Waals surface area contributed by atoms with Crippen molar-refractivity contribution in [2.45, 2.75) is 52.9 Å². The van der Waals surface area contributed by atoms with E-state index < -0.39 is 15.1 Å². The Morgan fingerprint density at radius 3 is 1.46 bits per heavy atom. The second-order valence-electron chi connectivity index (χ2n) is 10.8. The summed E-state index contributed by atoms with van der Waals surface area (Å²) in [6, 6.07) is 29.8. The maximum Gasteiger partial charge on any atom is 0.0822 e. The van der Waals surface area contributed by atoms with E-state index in [-0.39, 0.29) is 0 Å². The zero-order valence-corrected chi connectivity index (χ0v) is 24.3. The van der Waals surface area contributed by atoms with Gasteiger partial charge in [-0.1, -0.05) is 75.2 Å². The highest BCUT2D eigenvalue weighted by Crippen LogP contribution is 2.53. The molecule has 6 aromatic rings. The fraction of sp³-hybridized carbons (Fsp3) is 0.242. The van der Waals surface area contributed by atoms with Crippen LogP contribution in [-0.2, 0) is 0 Å². The van der Waals surface area contributed by atoms with E-state index in [9.17, 15) is 0 Å². The van der Waals surface area contributed by atoms with Crippen LogP contribution in [0.2, 0.25) is 0 Å². The van der Waals surface area contributed by atoms with Crippen LogP contribution in [0.25, 0.3) is 53.3 Å². The average Bonchev–Trinajstić information content (AvgIpc) is 2.85. The van der Waals surface area contributed by atoms with Crippen LogP contribution in [0.1, 0.15) is 50.1 Å². The van der Waals surface area contributed by atoms with E-state index in [2.05, 4.69) is 125 Å². The largest absolute Gasteiger partial charge is 0.354 e. The fourth-order valence-electron chi connectivity index (χ4n) is 5.65. The molecule has 4 heteroatoms. The number of hydrogen-bond acceptors (Lipinski definition) is 1. The minimum atomic E-state index is -0.638. The summed E-state index contributed by atoms with van der Waals surface area (Å²) in [4.78, 5) is 9.51. The molecule has 4 aromatic carbocycles. The summed E-state index contributed by atoms with van der Waals surface area (Å²) in [5.74, 6) is 0. The highest BCUT2D eigenvalue weighted by Gasteiger charge is 2.14. The Kier molecular flexibility index (Phi) is 6.15. The van der Waals surface area contributed by atoms with E-state index in [4.69, 9.17) is 4.98 Å². The number of rotatable bonds is 2. The molecule has 2 heterocycles. The normalized spacial score (nSPS) is 13.0. The second kappa shape index (κ2) is 9.36. The summed E-state index contributed by atoms with van der Waals surface area (Å²) in [6.45, 7) is 13.9. The van der Waals surface area contributed by atoms with Crippen molar-refractivity contribution in [3.8, 4) is 0 Å². The highest BCUT2D eigenvalue weighted by atomic mass is 31.1. The quantitative estimate of drug-likeness (QED) is 0.226. The van der Waals surface area contributed by atoms with Crippen LogP contribution in [0.5, 0.6) is 0 Å². The molecule has 0 radical (unpaired) electrons. The molecule has 0 spiro atoms. The number of aryl methyl sites for hydroxylation is 2. The molecule has 2 nitrogen and oxygen atoms in total. The van der Waals surface area contributed by atoms with Gasteiger partial charge in [0.15, 0.2) is 0 Å². The van der Waals surface area contributed by atoms with E-state index in [0.29, 0.717) is 11.3 Å². The van der Waals surface area contributed by atoms with Crippen molar-refractivity contribution in [1.82, 2.24) is 9.97 Å². The first-order valence-corrected chi connectivity index (χ1v) is 16.0. The van der Waals surface area contributed by atoms with Crippen molar-refractivity contribution < 1.29 is 0 Å². The summed E-state index contributed by atoms with van der Waals surface area (Å²) in [5.41, 5.74) is 8.33. The van der Waals surface area contributed by atoms with Gasteiger partial charge in [-0.2, -0.15) is 0 Å². The first-order chi connectivity index (χ1) is 17.8. The molecule has 6 rings (SSSR count). The number of para-hydroxylation sites is 2. The van der Waals surface area contributed by atoms with Crippen molar-refractivity contribution in [3.05, 3.63) is 90.0 Å². The molecule has 0 saturated heterocycles. The van der Waals surface area contributed by atoms with Crippen molar-refractivity contribution in [2.75, 3.05) is 0 Å². The number of H-pyrrole nitrogens is 1. The number of nitrogens with zero attached hydrogens (tertiary/aromatic N) is 1. The molecule has 2 atom stereocenters. The Bertz CT molecular complexity index is 1780. The molecule has 2 unspecified atom stereocenters. The molecule has 1 N–H and O–H groups in total. The van der Waals surface area contributed by atoms with Gasteiger partial charge in [-0.15, -0.1) is 15.1 Å². The number of aromatic nitrogens is 2. The maximum atomic E-state index is 5.54. The van der Waals surface area contributed by atoms with Crippen LogP contribution in [0.4, 0.5) is 0 Å². The smallest absolute Gasteiger partial charge is 0.0822 e. The van der Waals surface area contributed by atoms with Crippen molar-refractivity contribution in [3.63, 3.8) is 0 Å². The van der Waals surface area contributed by atoms with Crippen LogP contribution in [-0.4, -0.2) is 9.97 Å².